The van der Waals surface area contributed by atoms with Gasteiger partial charge in [0.25, 0.3) is 0 Å². The third-order valence-corrected chi connectivity index (χ3v) is 5.69. The standard InChI is InChI=1S/C19H17N3O2S2/c1-10(2)24-15-6-4-12(9-23)8-14(15)21-19-22-17-16(26-19)7-5-13-18(17)25-11(3)20-13/h4-10H,1-3H3,(H,21,22). The summed E-state index contributed by atoms with van der Waals surface area (Å²) >= 11 is 3.22. The van der Waals surface area contributed by atoms with E-state index in [1.165, 1.54) is 0 Å². The van der Waals surface area contributed by atoms with E-state index in [2.05, 4.69) is 10.3 Å². The Hall–Kier alpha value is -2.51. The topological polar surface area (TPSA) is 64.1 Å². The average molecular weight is 383 g/mol. The third kappa shape index (κ3) is 3.15. The number of aryl methyl sites for hydroxylation is 1. The number of aldehydes is 1. The minimum atomic E-state index is 0.0350. The maximum Gasteiger partial charge on any atom is 0.188 e. The lowest BCUT2D eigenvalue weighted by Crippen LogP contribution is -2.07. The molecule has 1 N–H and O–H groups in total. The Morgan fingerprint density at radius 1 is 1.15 bits per heavy atom. The molecule has 2 aromatic heterocycles. The van der Waals surface area contributed by atoms with Gasteiger partial charge in [0, 0.05) is 5.56 Å². The zero-order chi connectivity index (χ0) is 18.3. The molecule has 0 amide bonds. The molecule has 2 aromatic carbocycles. The SMILES string of the molecule is Cc1nc2ccc3sc(Nc4cc(C=O)ccc4OC(C)C)nc3c2s1. The van der Waals surface area contributed by atoms with Crippen LogP contribution in [0.1, 0.15) is 29.2 Å². The summed E-state index contributed by atoms with van der Waals surface area (Å²) in [6, 6.07) is 9.42. The Morgan fingerprint density at radius 3 is 2.77 bits per heavy atom. The van der Waals surface area contributed by atoms with E-state index in [9.17, 15) is 4.79 Å². The summed E-state index contributed by atoms with van der Waals surface area (Å²) in [5.74, 6) is 0.698. The van der Waals surface area contributed by atoms with Crippen LogP contribution in [-0.2, 0) is 0 Å². The number of nitrogens with one attached hydrogen (secondary N) is 1. The van der Waals surface area contributed by atoms with Crippen LogP contribution in [0, 0.1) is 6.92 Å². The minimum absolute atomic E-state index is 0.0350. The fraction of sp³-hybridized carbons (Fsp3) is 0.211. The molecule has 5 nitrogen and oxygen atoms in total. The molecule has 2 heterocycles. The molecule has 0 saturated heterocycles. The quantitative estimate of drug-likeness (QED) is 0.457. The number of hydrogen-bond donors (Lipinski definition) is 1. The number of rotatable bonds is 5. The molecular formula is C19H17N3O2S2. The van der Waals surface area contributed by atoms with Crippen LogP contribution in [0.4, 0.5) is 10.8 Å². The first kappa shape index (κ1) is 16.9. The van der Waals surface area contributed by atoms with Crippen LogP contribution in [0.2, 0.25) is 0 Å². The van der Waals surface area contributed by atoms with E-state index >= 15 is 0 Å². The van der Waals surface area contributed by atoms with Crippen molar-refractivity contribution in [1.29, 1.82) is 0 Å². The molecule has 26 heavy (non-hydrogen) atoms. The van der Waals surface area contributed by atoms with E-state index < -0.39 is 0 Å². The van der Waals surface area contributed by atoms with E-state index in [1.54, 1.807) is 34.8 Å². The smallest absolute Gasteiger partial charge is 0.188 e. The zero-order valence-electron chi connectivity index (χ0n) is 14.6. The van der Waals surface area contributed by atoms with E-state index in [1.807, 2.05) is 39.0 Å². The van der Waals surface area contributed by atoms with Gasteiger partial charge in [-0.15, -0.1) is 11.3 Å². The molecule has 0 aliphatic heterocycles. The molecule has 0 saturated carbocycles. The maximum absolute atomic E-state index is 11.1. The Labute approximate surface area is 158 Å². The predicted molar refractivity (Wildman–Crippen MR) is 108 cm³/mol. The van der Waals surface area contributed by atoms with Gasteiger partial charge in [0.1, 0.15) is 17.6 Å². The third-order valence-electron chi connectivity index (χ3n) is 3.77. The van der Waals surface area contributed by atoms with Gasteiger partial charge >= 0.3 is 0 Å². The Balaban J connectivity index is 1.77. The molecule has 0 spiro atoms. The molecule has 0 fully saturated rings. The number of nitrogens with zero attached hydrogens (tertiary/aromatic N) is 2. The highest BCUT2D eigenvalue weighted by atomic mass is 32.1. The van der Waals surface area contributed by atoms with E-state index in [0.717, 1.165) is 42.5 Å². The summed E-state index contributed by atoms with van der Waals surface area (Å²) < 4.78 is 8.06. The number of carbonyl (C=O) groups excluding carboxylic acids is 1. The van der Waals surface area contributed by atoms with Gasteiger partial charge in [0.2, 0.25) is 0 Å². The second kappa shape index (κ2) is 6.66. The lowest BCUT2D eigenvalue weighted by atomic mass is 10.2. The molecule has 0 aliphatic carbocycles. The number of carbonyl (C=O) groups is 1. The number of anilines is 2. The molecule has 4 rings (SSSR count). The summed E-state index contributed by atoms with van der Waals surface area (Å²) in [6.45, 7) is 5.94. The van der Waals surface area contributed by atoms with Gasteiger partial charge in [-0.2, -0.15) is 0 Å². The first-order chi connectivity index (χ1) is 12.5. The van der Waals surface area contributed by atoms with Gasteiger partial charge in [-0.25, -0.2) is 9.97 Å². The molecule has 0 atom stereocenters. The van der Waals surface area contributed by atoms with Crippen molar-refractivity contribution < 1.29 is 9.53 Å². The van der Waals surface area contributed by atoms with Crippen LogP contribution in [0.3, 0.4) is 0 Å². The fourth-order valence-corrected chi connectivity index (χ4v) is 4.59. The summed E-state index contributed by atoms with van der Waals surface area (Å²) in [4.78, 5) is 20.4. The summed E-state index contributed by atoms with van der Waals surface area (Å²) in [5, 5.41) is 5.11. The average Bonchev–Trinajstić information content (AvgIpc) is 3.17. The largest absolute Gasteiger partial charge is 0.489 e. The van der Waals surface area contributed by atoms with Crippen molar-refractivity contribution in [3.05, 3.63) is 40.9 Å². The van der Waals surface area contributed by atoms with E-state index in [0.29, 0.717) is 11.3 Å². The van der Waals surface area contributed by atoms with Crippen molar-refractivity contribution >= 4 is 60.2 Å². The lowest BCUT2D eigenvalue weighted by molar-refractivity contribution is 0.112. The molecule has 132 valence electrons. The highest BCUT2D eigenvalue weighted by Gasteiger charge is 2.13. The van der Waals surface area contributed by atoms with E-state index in [-0.39, 0.29) is 6.10 Å². The van der Waals surface area contributed by atoms with Crippen LogP contribution in [0.25, 0.3) is 20.4 Å². The Kier molecular flexibility index (Phi) is 4.34. The molecule has 7 heteroatoms. The number of benzene rings is 2. The van der Waals surface area contributed by atoms with Gasteiger partial charge in [-0.1, -0.05) is 11.3 Å². The van der Waals surface area contributed by atoms with Gasteiger partial charge < -0.3 is 10.1 Å². The first-order valence-corrected chi connectivity index (χ1v) is 9.86. The predicted octanol–water partition coefficient (Wildman–Crippen LogP) is 5.56. The molecule has 0 bridgehead atoms. The molecule has 0 aliphatic rings. The van der Waals surface area contributed by atoms with E-state index in [4.69, 9.17) is 9.72 Å². The second-order valence-electron chi connectivity index (χ2n) is 6.18. The Morgan fingerprint density at radius 2 is 2.00 bits per heavy atom. The highest BCUT2D eigenvalue weighted by Crippen LogP contribution is 2.37. The zero-order valence-corrected chi connectivity index (χ0v) is 16.2. The highest BCUT2D eigenvalue weighted by molar-refractivity contribution is 7.24. The van der Waals surface area contributed by atoms with Gasteiger partial charge in [0.15, 0.2) is 5.13 Å². The number of fused-ring (bicyclic) bond motifs is 3. The number of ether oxygens (including phenoxy) is 1. The van der Waals surface area contributed by atoms with Crippen molar-refractivity contribution in [1.82, 2.24) is 9.97 Å². The first-order valence-electron chi connectivity index (χ1n) is 8.23. The van der Waals surface area contributed by atoms with Crippen molar-refractivity contribution in [2.24, 2.45) is 0 Å². The fourth-order valence-electron chi connectivity index (χ4n) is 2.73. The van der Waals surface area contributed by atoms with Crippen LogP contribution in [0.15, 0.2) is 30.3 Å². The lowest BCUT2D eigenvalue weighted by Gasteiger charge is -2.14. The summed E-state index contributed by atoms with van der Waals surface area (Å²) in [6.07, 6.45) is 0.861. The van der Waals surface area contributed by atoms with Crippen molar-refractivity contribution in [2.45, 2.75) is 26.9 Å². The number of aromatic nitrogens is 2. The van der Waals surface area contributed by atoms with Gasteiger partial charge in [-0.05, 0) is 51.1 Å². The van der Waals surface area contributed by atoms with Crippen LogP contribution in [-0.4, -0.2) is 22.4 Å². The molecule has 0 unspecified atom stereocenters. The van der Waals surface area contributed by atoms with Crippen molar-refractivity contribution in [3.8, 4) is 5.75 Å². The van der Waals surface area contributed by atoms with Gasteiger partial charge in [-0.3, -0.25) is 4.79 Å². The monoisotopic (exact) mass is 383 g/mol. The summed E-state index contributed by atoms with van der Waals surface area (Å²) in [5.41, 5.74) is 3.26. The maximum atomic E-state index is 11.1. The molecule has 0 radical (unpaired) electrons. The van der Waals surface area contributed by atoms with Crippen LogP contribution < -0.4 is 10.1 Å². The summed E-state index contributed by atoms with van der Waals surface area (Å²) in [7, 11) is 0. The van der Waals surface area contributed by atoms with Gasteiger partial charge in [0.05, 0.1) is 31.7 Å². The Bertz CT molecular complexity index is 1110. The second-order valence-corrected chi connectivity index (χ2v) is 8.41. The number of thiazole rings is 2. The van der Waals surface area contributed by atoms with Crippen molar-refractivity contribution in [2.75, 3.05) is 5.32 Å². The minimum Gasteiger partial charge on any atom is -0.489 e. The normalized spacial score (nSPS) is 11.4. The number of hydrogen-bond acceptors (Lipinski definition) is 7. The van der Waals surface area contributed by atoms with Crippen molar-refractivity contribution in [3.63, 3.8) is 0 Å². The molecular weight excluding hydrogens is 366 g/mol. The molecule has 4 aromatic rings. The van der Waals surface area contributed by atoms with Crippen LogP contribution >= 0.6 is 22.7 Å². The van der Waals surface area contributed by atoms with Crippen LogP contribution in [0.5, 0.6) is 5.75 Å².